The first-order valence-corrected chi connectivity index (χ1v) is 10.6. The van der Waals surface area contributed by atoms with Gasteiger partial charge in [0.05, 0.1) is 4.88 Å². The van der Waals surface area contributed by atoms with E-state index in [2.05, 4.69) is 34.2 Å². The van der Waals surface area contributed by atoms with Gasteiger partial charge in [0.1, 0.15) is 11.9 Å². The van der Waals surface area contributed by atoms with Crippen LogP contribution in [0.1, 0.15) is 28.1 Å². The molecule has 0 aliphatic rings. The van der Waals surface area contributed by atoms with Gasteiger partial charge >= 0.3 is 0 Å². The first-order chi connectivity index (χ1) is 14.7. The summed E-state index contributed by atoms with van der Waals surface area (Å²) in [4.78, 5) is 14.5. The summed E-state index contributed by atoms with van der Waals surface area (Å²) in [7, 11) is 0. The van der Waals surface area contributed by atoms with Crippen LogP contribution in [0.15, 0.2) is 102 Å². The van der Waals surface area contributed by atoms with Gasteiger partial charge < -0.3 is 10.6 Å². The van der Waals surface area contributed by atoms with Crippen molar-refractivity contribution in [3.05, 3.63) is 124 Å². The normalized spacial score (nSPS) is 12.8. The van der Waals surface area contributed by atoms with Crippen LogP contribution >= 0.6 is 11.3 Å². The maximum Gasteiger partial charge on any atom is 0.287 e. The van der Waals surface area contributed by atoms with E-state index < -0.39 is 6.04 Å². The number of carbonyl (C=O) groups excluding carboxylic acids is 1. The summed E-state index contributed by atoms with van der Waals surface area (Å²) < 4.78 is 13.2. The minimum atomic E-state index is -0.469. The third kappa shape index (κ3) is 4.82. The van der Waals surface area contributed by atoms with E-state index in [-0.39, 0.29) is 17.8 Å². The first kappa shape index (κ1) is 20.0. The van der Waals surface area contributed by atoms with Gasteiger partial charge in [-0.1, -0.05) is 66.7 Å². The second-order valence-corrected chi connectivity index (χ2v) is 7.96. The van der Waals surface area contributed by atoms with Crippen LogP contribution in [0.3, 0.4) is 0 Å². The summed E-state index contributed by atoms with van der Waals surface area (Å²) in [6.07, 6.45) is 0. The number of rotatable bonds is 7. The van der Waals surface area contributed by atoms with Crippen LogP contribution in [0.2, 0.25) is 0 Å². The Balaban J connectivity index is 1.66. The lowest BCUT2D eigenvalue weighted by molar-refractivity contribution is -0.713. The first-order valence-electron chi connectivity index (χ1n) is 9.75. The Hall–Kier alpha value is -3.28. The molecule has 1 heterocycles. The summed E-state index contributed by atoms with van der Waals surface area (Å²) in [6.45, 7) is 0. The highest BCUT2D eigenvalue weighted by Crippen LogP contribution is 2.24. The maximum absolute atomic E-state index is 13.3. The summed E-state index contributed by atoms with van der Waals surface area (Å²) in [5.41, 5.74) is 2.62. The number of carbonyl (C=O) groups is 1. The Morgan fingerprint density at radius 1 is 0.800 bits per heavy atom. The van der Waals surface area contributed by atoms with E-state index in [9.17, 15) is 9.18 Å². The molecule has 0 unspecified atom stereocenters. The van der Waals surface area contributed by atoms with E-state index in [1.54, 1.807) is 23.5 Å². The molecule has 150 valence electrons. The lowest BCUT2D eigenvalue weighted by Gasteiger charge is -2.22. The number of hydrogen-bond donors (Lipinski definition) is 2. The van der Waals surface area contributed by atoms with Crippen molar-refractivity contribution in [2.45, 2.75) is 12.1 Å². The van der Waals surface area contributed by atoms with Crippen LogP contribution in [0.5, 0.6) is 0 Å². The van der Waals surface area contributed by atoms with Gasteiger partial charge in [0, 0.05) is 16.8 Å². The fourth-order valence-corrected chi connectivity index (χ4v) is 4.29. The zero-order valence-electron chi connectivity index (χ0n) is 16.2. The molecule has 0 aliphatic carbocycles. The molecule has 0 radical (unpaired) electrons. The highest BCUT2D eigenvalue weighted by atomic mass is 32.1. The van der Waals surface area contributed by atoms with E-state index in [1.165, 1.54) is 17.0 Å². The third-order valence-corrected chi connectivity index (χ3v) is 5.90. The molecule has 3 nitrogen and oxygen atoms in total. The Labute approximate surface area is 179 Å². The van der Waals surface area contributed by atoms with Gasteiger partial charge in [0.25, 0.3) is 5.91 Å². The minimum absolute atomic E-state index is 0.0182. The maximum atomic E-state index is 13.3. The van der Waals surface area contributed by atoms with Crippen molar-refractivity contribution in [1.29, 1.82) is 0 Å². The van der Waals surface area contributed by atoms with Crippen molar-refractivity contribution in [2.75, 3.05) is 5.32 Å². The second-order valence-electron chi connectivity index (χ2n) is 6.98. The van der Waals surface area contributed by atoms with Crippen molar-refractivity contribution >= 4 is 22.9 Å². The smallest absolute Gasteiger partial charge is 0.287 e. The predicted octanol–water partition coefficient (Wildman–Crippen LogP) is 4.92. The number of thiophene rings is 1. The van der Waals surface area contributed by atoms with Gasteiger partial charge in [-0.3, -0.25) is 4.79 Å². The van der Waals surface area contributed by atoms with Gasteiger partial charge in [-0.15, -0.1) is 11.3 Å². The van der Waals surface area contributed by atoms with Crippen molar-refractivity contribution in [3.63, 3.8) is 0 Å². The van der Waals surface area contributed by atoms with Gasteiger partial charge in [-0.2, -0.15) is 0 Å². The zero-order chi connectivity index (χ0) is 20.8. The lowest BCUT2D eigenvalue weighted by atomic mass is 10.0. The summed E-state index contributed by atoms with van der Waals surface area (Å²) in [5, 5.41) is 7.08. The fraction of sp³-hybridized carbons (Fsp3) is 0.0800. The standard InChI is InChI=1S/C25H21FN2OS/c26-20-13-15-21(16-14-20)27-25(29)24(19-10-5-2-6-11-19)28-23(22-12-7-17-30-22)18-8-3-1-4-9-18/h1-17,23-24,28H,(H,27,29)/p+1/t23-,24-/m0/s1. The van der Waals surface area contributed by atoms with E-state index >= 15 is 0 Å². The molecular formula is C25H22FN2OS+. The number of hydrogen-bond acceptors (Lipinski definition) is 2. The topological polar surface area (TPSA) is 45.7 Å². The number of benzene rings is 3. The summed E-state index contributed by atoms with van der Waals surface area (Å²) in [6, 6.07) is 29.4. The number of nitrogens with two attached hydrogens (primary N) is 1. The van der Waals surface area contributed by atoms with Crippen LogP contribution < -0.4 is 10.6 Å². The Kier molecular flexibility index (Phi) is 6.32. The largest absolute Gasteiger partial charge is 0.322 e. The molecular weight excluding hydrogens is 395 g/mol. The Morgan fingerprint density at radius 2 is 1.43 bits per heavy atom. The Bertz CT molecular complexity index is 1070. The van der Waals surface area contributed by atoms with Gasteiger partial charge in [-0.25, -0.2) is 4.39 Å². The molecule has 2 atom stereocenters. The van der Waals surface area contributed by atoms with Crippen molar-refractivity contribution < 1.29 is 14.5 Å². The molecule has 0 saturated heterocycles. The zero-order valence-corrected chi connectivity index (χ0v) is 17.1. The van der Waals surface area contributed by atoms with Crippen molar-refractivity contribution in [1.82, 2.24) is 0 Å². The molecule has 0 bridgehead atoms. The molecule has 3 aromatic carbocycles. The quantitative estimate of drug-likeness (QED) is 0.440. The summed E-state index contributed by atoms with van der Waals surface area (Å²) in [5.74, 6) is -0.480. The molecule has 4 aromatic rings. The molecule has 1 amide bonds. The van der Waals surface area contributed by atoms with Crippen molar-refractivity contribution in [3.8, 4) is 0 Å². The number of anilines is 1. The third-order valence-electron chi connectivity index (χ3n) is 4.95. The Morgan fingerprint density at radius 3 is 2.03 bits per heavy atom. The molecule has 0 spiro atoms. The average molecular weight is 418 g/mol. The molecule has 30 heavy (non-hydrogen) atoms. The number of amides is 1. The minimum Gasteiger partial charge on any atom is -0.322 e. The van der Waals surface area contributed by atoms with Gasteiger partial charge in [0.2, 0.25) is 0 Å². The summed E-state index contributed by atoms with van der Waals surface area (Å²) >= 11 is 1.68. The monoisotopic (exact) mass is 417 g/mol. The van der Waals surface area contributed by atoms with Crippen LogP contribution in [0.25, 0.3) is 0 Å². The molecule has 3 N–H and O–H groups in total. The van der Waals surface area contributed by atoms with Crippen LogP contribution in [0, 0.1) is 5.82 Å². The highest BCUT2D eigenvalue weighted by Gasteiger charge is 2.30. The SMILES string of the molecule is O=C(Nc1ccc(F)cc1)[C@@H]([NH2+][C@@H](c1ccccc1)c1cccs1)c1ccccc1. The lowest BCUT2D eigenvalue weighted by Crippen LogP contribution is -2.88. The predicted molar refractivity (Wildman–Crippen MR) is 119 cm³/mol. The number of nitrogens with one attached hydrogen (secondary N) is 1. The number of halogens is 1. The van der Waals surface area contributed by atoms with E-state index in [4.69, 9.17) is 0 Å². The van der Waals surface area contributed by atoms with Crippen LogP contribution in [-0.4, -0.2) is 5.91 Å². The molecule has 4 rings (SSSR count). The molecule has 1 aromatic heterocycles. The molecule has 0 saturated carbocycles. The van der Waals surface area contributed by atoms with E-state index in [0.717, 1.165) is 11.1 Å². The molecule has 0 fully saturated rings. The molecule has 5 heteroatoms. The van der Waals surface area contributed by atoms with Gasteiger partial charge in [-0.05, 0) is 35.7 Å². The second kappa shape index (κ2) is 9.48. The fourth-order valence-electron chi connectivity index (χ4n) is 3.45. The van der Waals surface area contributed by atoms with E-state index in [1.807, 2.05) is 54.6 Å². The van der Waals surface area contributed by atoms with E-state index in [0.29, 0.717) is 5.69 Å². The highest BCUT2D eigenvalue weighted by molar-refractivity contribution is 7.10. The number of quaternary nitrogens is 1. The van der Waals surface area contributed by atoms with Crippen molar-refractivity contribution in [2.24, 2.45) is 0 Å². The van der Waals surface area contributed by atoms with Gasteiger partial charge in [0.15, 0.2) is 6.04 Å². The average Bonchev–Trinajstić information content (AvgIpc) is 3.32. The molecule has 0 aliphatic heterocycles. The van der Waals surface area contributed by atoms with Crippen LogP contribution in [0.4, 0.5) is 10.1 Å². The van der Waals surface area contributed by atoms with Crippen LogP contribution in [-0.2, 0) is 4.79 Å².